The number of fused-ring (bicyclic) bond motifs is 3. The highest BCUT2D eigenvalue weighted by Gasteiger charge is 2.18. The fourth-order valence-electron chi connectivity index (χ4n) is 4.76. The van der Waals surface area contributed by atoms with Crippen molar-refractivity contribution in [1.29, 1.82) is 0 Å². The SMILES string of the molecule is CC/C=C(\C=C/C(C)N(CC)CNC1=C2CCC(=CCC(Cl)N2)CN=C1)C1CCCOCC1. The van der Waals surface area contributed by atoms with Crippen molar-refractivity contribution < 1.29 is 4.74 Å². The Labute approximate surface area is 206 Å². The molecule has 6 heteroatoms. The molecule has 5 nitrogen and oxygen atoms in total. The molecule has 3 aliphatic heterocycles. The smallest absolute Gasteiger partial charge is 0.105 e. The molecule has 1 saturated heterocycles. The molecule has 184 valence electrons. The minimum absolute atomic E-state index is 0.0686. The van der Waals surface area contributed by atoms with Gasteiger partial charge >= 0.3 is 0 Å². The van der Waals surface area contributed by atoms with Crippen LogP contribution in [0.4, 0.5) is 0 Å². The monoisotopic (exact) mass is 474 g/mol. The van der Waals surface area contributed by atoms with Gasteiger partial charge in [-0.2, -0.15) is 0 Å². The molecule has 2 bridgehead atoms. The molecule has 0 spiro atoms. The quantitative estimate of drug-likeness (QED) is 0.152. The Bertz CT molecular complexity index is 762. The average Bonchev–Trinajstić information content (AvgIpc) is 3.08. The fraction of sp³-hybridized carbons (Fsp3) is 0.667. The van der Waals surface area contributed by atoms with Crippen LogP contribution in [0.3, 0.4) is 0 Å². The molecule has 0 aromatic heterocycles. The van der Waals surface area contributed by atoms with Crippen LogP contribution in [0.5, 0.6) is 0 Å². The van der Waals surface area contributed by atoms with Crippen molar-refractivity contribution in [2.24, 2.45) is 10.9 Å². The molecule has 1 fully saturated rings. The minimum Gasteiger partial charge on any atom is -0.381 e. The average molecular weight is 475 g/mol. The number of nitrogens with zero attached hydrogens (tertiary/aromatic N) is 2. The third kappa shape index (κ3) is 8.31. The number of alkyl halides is 1. The van der Waals surface area contributed by atoms with E-state index in [1.54, 1.807) is 0 Å². The predicted molar refractivity (Wildman–Crippen MR) is 141 cm³/mol. The van der Waals surface area contributed by atoms with Crippen molar-refractivity contribution in [3.63, 3.8) is 0 Å². The Hall–Kier alpha value is -1.56. The van der Waals surface area contributed by atoms with Gasteiger partial charge in [0, 0.05) is 31.2 Å². The summed E-state index contributed by atoms with van der Waals surface area (Å²) in [6, 6.07) is 0.335. The molecule has 3 rings (SSSR count). The van der Waals surface area contributed by atoms with Crippen molar-refractivity contribution in [1.82, 2.24) is 15.5 Å². The van der Waals surface area contributed by atoms with Crippen LogP contribution < -0.4 is 10.6 Å². The van der Waals surface area contributed by atoms with Gasteiger partial charge in [-0.3, -0.25) is 9.89 Å². The maximum Gasteiger partial charge on any atom is 0.105 e. The zero-order valence-electron chi connectivity index (χ0n) is 20.8. The van der Waals surface area contributed by atoms with Gasteiger partial charge in [0.15, 0.2) is 0 Å². The number of aliphatic imine (C=N–C) groups is 1. The topological polar surface area (TPSA) is 48.9 Å². The van der Waals surface area contributed by atoms with Gasteiger partial charge in [-0.25, -0.2) is 0 Å². The van der Waals surface area contributed by atoms with Crippen LogP contribution in [0.25, 0.3) is 0 Å². The summed E-state index contributed by atoms with van der Waals surface area (Å²) in [5.74, 6) is 0.620. The maximum atomic E-state index is 6.50. The lowest BCUT2D eigenvalue weighted by Gasteiger charge is -2.29. The molecule has 3 atom stereocenters. The van der Waals surface area contributed by atoms with Crippen LogP contribution in [0.15, 0.2) is 51.8 Å². The molecule has 0 saturated carbocycles. The molecule has 33 heavy (non-hydrogen) atoms. The van der Waals surface area contributed by atoms with Gasteiger partial charge in [0.1, 0.15) is 5.50 Å². The van der Waals surface area contributed by atoms with Gasteiger partial charge in [-0.15, -0.1) is 0 Å². The Balaban J connectivity index is 1.63. The van der Waals surface area contributed by atoms with E-state index in [9.17, 15) is 0 Å². The second-order valence-electron chi connectivity index (χ2n) is 9.26. The van der Waals surface area contributed by atoms with E-state index in [0.717, 1.165) is 77.2 Å². The van der Waals surface area contributed by atoms with Crippen molar-refractivity contribution in [3.8, 4) is 0 Å². The second-order valence-corrected chi connectivity index (χ2v) is 9.79. The van der Waals surface area contributed by atoms with E-state index in [2.05, 4.69) is 65.6 Å². The molecular formula is C27H43ClN4O. The number of nitrogens with one attached hydrogen (secondary N) is 2. The van der Waals surface area contributed by atoms with Crippen molar-refractivity contribution in [2.45, 2.75) is 77.3 Å². The van der Waals surface area contributed by atoms with Gasteiger partial charge in [0.05, 0.1) is 18.9 Å². The summed E-state index contributed by atoms with van der Waals surface area (Å²) in [6.07, 6.45) is 18.8. The summed E-state index contributed by atoms with van der Waals surface area (Å²) in [7, 11) is 0. The summed E-state index contributed by atoms with van der Waals surface area (Å²) in [5, 5.41) is 7.14. The lowest BCUT2D eigenvalue weighted by molar-refractivity contribution is 0.142. The Morgan fingerprint density at radius 2 is 2.21 bits per heavy atom. The van der Waals surface area contributed by atoms with Crippen LogP contribution in [-0.4, -0.2) is 55.6 Å². The Morgan fingerprint density at radius 1 is 1.33 bits per heavy atom. The highest BCUT2D eigenvalue weighted by Crippen LogP contribution is 2.26. The molecule has 0 aromatic carbocycles. The Kier molecular flexibility index (Phi) is 11.0. The van der Waals surface area contributed by atoms with E-state index in [0.29, 0.717) is 12.0 Å². The molecule has 0 aromatic rings. The summed E-state index contributed by atoms with van der Waals surface area (Å²) >= 11 is 6.50. The third-order valence-corrected chi connectivity index (χ3v) is 7.15. The molecule has 3 unspecified atom stereocenters. The van der Waals surface area contributed by atoms with Crippen LogP contribution in [0, 0.1) is 5.92 Å². The first-order chi connectivity index (χ1) is 16.1. The van der Waals surface area contributed by atoms with Gasteiger partial charge in [-0.05, 0) is 69.9 Å². The molecule has 3 aliphatic rings. The molecule has 0 radical (unpaired) electrons. The molecule has 0 amide bonds. The zero-order valence-corrected chi connectivity index (χ0v) is 21.5. The molecule has 0 aliphatic carbocycles. The van der Waals surface area contributed by atoms with E-state index < -0.39 is 0 Å². The third-order valence-electron chi connectivity index (χ3n) is 6.87. The van der Waals surface area contributed by atoms with Crippen LogP contribution in [0.1, 0.15) is 65.7 Å². The second kappa shape index (κ2) is 14.0. The van der Waals surface area contributed by atoms with Crippen molar-refractivity contribution in [2.75, 3.05) is 33.0 Å². The predicted octanol–water partition coefficient (Wildman–Crippen LogP) is 5.51. The first kappa shape index (κ1) is 26.1. The summed E-state index contributed by atoms with van der Waals surface area (Å²) < 4.78 is 5.68. The zero-order chi connectivity index (χ0) is 23.5. The van der Waals surface area contributed by atoms with E-state index in [1.165, 1.54) is 23.3 Å². The molecule has 3 heterocycles. The van der Waals surface area contributed by atoms with E-state index in [4.69, 9.17) is 16.3 Å². The Morgan fingerprint density at radius 3 is 3.03 bits per heavy atom. The van der Waals surface area contributed by atoms with Gasteiger partial charge < -0.3 is 15.4 Å². The highest BCUT2D eigenvalue weighted by molar-refractivity contribution is 6.20. The number of likely N-dealkylation sites (N-methyl/N-ethyl adjacent to an activating group) is 1. The molecular weight excluding hydrogens is 432 g/mol. The standard InChI is InChI=1S/C27H43ClN4O/c1-4-7-23(24-8-6-16-33-17-15-24)12-9-21(3)32(5-2)20-30-26-19-29-18-22-10-13-25(26)31-27(28)14-11-22/h7,9,11-12,19,21,24,27,30-31H,4-6,8,10,13-18,20H2,1-3H3/b12-9-,22-11?,23-7+,26-25?,29-19?. The van der Waals surface area contributed by atoms with Gasteiger partial charge in [-0.1, -0.05) is 55.3 Å². The largest absolute Gasteiger partial charge is 0.381 e. The van der Waals surface area contributed by atoms with Crippen LogP contribution in [-0.2, 0) is 4.74 Å². The number of rotatable bonds is 9. The summed E-state index contributed by atoms with van der Waals surface area (Å²) in [4.78, 5) is 7.11. The fourth-order valence-corrected chi connectivity index (χ4v) is 4.99. The first-order valence-corrected chi connectivity index (χ1v) is 13.3. The van der Waals surface area contributed by atoms with Crippen molar-refractivity contribution in [3.05, 3.63) is 46.8 Å². The van der Waals surface area contributed by atoms with E-state index in [-0.39, 0.29) is 5.50 Å². The summed E-state index contributed by atoms with van der Waals surface area (Å²) in [6.45, 7) is 11.0. The lowest BCUT2D eigenvalue weighted by Crippen LogP contribution is -2.40. The van der Waals surface area contributed by atoms with Gasteiger partial charge in [0.25, 0.3) is 0 Å². The van der Waals surface area contributed by atoms with Crippen LogP contribution in [0.2, 0.25) is 0 Å². The first-order valence-electron chi connectivity index (χ1n) is 12.9. The highest BCUT2D eigenvalue weighted by atomic mass is 35.5. The number of ether oxygens (including phenoxy) is 1. The minimum atomic E-state index is -0.0686. The van der Waals surface area contributed by atoms with Crippen molar-refractivity contribution >= 4 is 17.8 Å². The van der Waals surface area contributed by atoms with Gasteiger partial charge in [0.2, 0.25) is 0 Å². The summed E-state index contributed by atoms with van der Waals surface area (Å²) in [5.41, 5.74) is 5.04. The van der Waals surface area contributed by atoms with Crippen LogP contribution >= 0.6 is 11.6 Å². The molecule has 2 N–H and O–H groups in total. The number of halogens is 1. The number of allylic oxidation sites excluding steroid dienone is 5. The number of hydrogen-bond acceptors (Lipinski definition) is 5. The number of hydrogen-bond donors (Lipinski definition) is 2. The van der Waals surface area contributed by atoms with E-state index in [1.807, 2.05) is 6.21 Å². The van der Waals surface area contributed by atoms with E-state index >= 15 is 0 Å². The normalized spacial score (nSPS) is 25.7. The maximum absolute atomic E-state index is 6.50. The lowest BCUT2D eigenvalue weighted by atomic mass is 9.90.